The molecule has 1 rings (SSSR count). The van der Waals surface area contributed by atoms with Crippen LogP contribution in [0, 0.1) is 0 Å². The average Bonchev–Trinajstić information content (AvgIpc) is 3.39. The van der Waals surface area contributed by atoms with Crippen molar-refractivity contribution in [2.45, 2.75) is 284 Å². The van der Waals surface area contributed by atoms with Crippen LogP contribution < -0.4 is 0 Å². The van der Waals surface area contributed by atoms with Crippen molar-refractivity contribution in [3.05, 3.63) is 0 Å². The molecule has 0 spiro atoms. The molecule has 0 N–H and O–H groups in total. The topological polar surface area (TPSA) is 118 Å². The van der Waals surface area contributed by atoms with E-state index in [0.29, 0.717) is 77.3 Å². The van der Waals surface area contributed by atoms with Gasteiger partial charge >= 0.3 is 23.9 Å². The van der Waals surface area contributed by atoms with E-state index in [1.165, 1.54) is 180 Å². The van der Waals surface area contributed by atoms with Crippen LogP contribution in [0.15, 0.2) is 0 Å². The van der Waals surface area contributed by atoms with Crippen LogP contribution in [0.3, 0.4) is 0 Å². The van der Waals surface area contributed by atoms with E-state index in [9.17, 15) is 19.2 Å². The Bertz CT molecular complexity index is 1260. The molecular weight excluding hydrogens is 929 g/mol. The maximum atomic E-state index is 12.9. The van der Waals surface area contributed by atoms with E-state index in [4.69, 9.17) is 18.9 Å². The van der Waals surface area contributed by atoms with Crippen molar-refractivity contribution in [1.82, 2.24) is 19.6 Å². The lowest BCUT2D eigenvalue weighted by molar-refractivity contribution is -0.145. The van der Waals surface area contributed by atoms with Crippen LogP contribution in [-0.4, -0.2) is 148 Å². The zero-order chi connectivity index (χ0) is 54.0. The Morgan fingerprint density at radius 2 is 0.581 bits per heavy atom. The molecule has 1 aliphatic rings. The standard InChI is InChI=1S/C62H120N4O8/c1-7-10-13-16-19-22-25-28-31-34-37-52-72-60(68)41-45-63(44-40-59(67)71-6)48-50-65-55-58(5)66(56-57(65)4)51-49-64(46-42-61(69)73-53-38-35-32-29-26-23-20-17-14-11-8-2)47-43-62(70)74-54-39-36-33-30-27-24-21-18-15-12-9-3/h57-58H,7-56H2,1-6H3/t57-,58+/m0/s1. The summed E-state index contributed by atoms with van der Waals surface area (Å²) in [5.41, 5.74) is 0. The van der Waals surface area contributed by atoms with Gasteiger partial charge in [-0.15, -0.1) is 0 Å². The highest BCUT2D eigenvalue weighted by molar-refractivity contribution is 5.70. The van der Waals surface area contributed by atoms with Gasteiger partial charge in [-0.25, -0.2) is 0 Å². The molecule has 12 nitrogen and oxygen atoms in total. The Labute approximate surface area is 456 Å². The minimum atomic E-state index is -0.244. The molecule has 1 heterocycles. The van der Waals surface area contributed by atoms with Gasteiger partial charge in [0.1, 0.15) is 0 Å². The van der Waals surface area contributed by atoms with Crippen LogP contribution in [0.2, 0.25) is 0 Å². The number of carbonyl (C=O) groups excluding carboxylic acids is 4. The molecule has 74 heavy (non-hydrogen) atoms. The summed E-state index contributed by atoms with van der Waals surface area (Å²) >= 11 is 0. The Hall–Kier alpha value is -2.28. The highest BCUT2D eigenvalue weighted by atomic mass is 16.5. The van der Waals surface area contributed by atoms with Crippen LogP contribution in [0.5, 0.6) is 0 Å². The fourth-order valence-corrected chi connectivity index (χ4v) is 10.3. The first-order chi connectivity index (χ1) is 36.1. The smallest absolute Gasteiger partial charge is 0.307 e. The molecule has 2 atom stereocenters. The molecule has 0 aromatic carbocycles. The van der Waals surface area contributed by atoms with Crippen LogP contribution >= 0.6 is 0 Å². The summed E-state index contributed by atoms with van der Waals surface area (Å²) in [6.45, 7) is 20.0. The lowest BCUT2D eigenvalue weighted by Gasteiger charge is -2.45. The summed E-state index contributed by atoms with van der Waals surface area (Å²) in [6, 6.07) is 0.627. The van der Waals surface area contributed by atoms with Gasteiger partial charge in [0.25, 0.3) is 0 Å². The van der Waals surface area contributed by atoms with E-state index in [-0.39, 0.29) is 30.3 Å². The van der Waals surface area contributed by atoms with Gasteiger partial charge < -0.3 is 28.7 Å². The SMILES string of the molecule is CCCCCCCCCCCCCOC(=O)CCN(CCC(=O)OCCCCCCCCCCCCC)CCN1C[C@H](C)N(CCN(CCC(=O)OC)CCC(=O)OCCCCCCCCCCCCC)C[C@H]1C. The number of ether oxygens (including phenoxy) is 4. The Balaban J connectivity index is 2.60. The van der Waals surface area contributed by atoms with E-state index in [0.717, 1.165) is 77.8 Å². The summed E-state index contributed by atoms with van der Waals surface area (Å²) in [5.74, 6) is -0.729. The Morgan fingerprint density at radius 1 is 0.351 bits per heavy atom. The fourth-order valence-electron chi connectivity index (χ4n) is 10.3. The molecule has 0 aliphatic carbocycles. The van der Waals surface area contributed by atoms with Crippen molar-refractivity contribution >= 4 is 23.9 Å². The van der Waals surface area contributed by atoms with Crippen LogP contribution in [0.1, 0.15) is 272 Å². The number of esters is 4. The fraction of sp³-hybridized carbons (Fsp3) is 0.935. The molecule has 0 radical (unpaired) electrons. The third kappa shape index (κ3) is 42.8. The van der Waals surface area contributed by atoms with Crippen molar-refractivity contribution in [3.8, 4) is 0 Å². The third-order valence-electron chi connectivity index (χ3n) is 15.4. The van der Waals surface area contributed by atoms with Crippen LogP contribution in [0.4, 0.5) is 0 Å². The van der Waals surface area contributed by atoms with Gasteiger partial charge in [0.15, 0.2) is 0 Å². The number of hydrogen-bond donors (Lipinski definition) is 0. The van der Waals surface area contributed by atoms with Crippen molar-refractivity contribution in [1.29, 1.82) is 0 Å². The highest BCUT2D eigenvalue weighted by Gasteiger charge is 2.29. The molecule has 1 fully saturated rings. The second kappa shape index (κ2) is 51.5. The van der Waals surface area contributed by atoms with Gasteiger partial charge in [0, 0.05) is 77.5 Å². The van der Waals surface area contributed by atoms with Gasteiger partial charge in [0.2, 0.25) is 0 Å². The van der Waals surface area contributed by atoms with Gasteiger partial charge in [-0.2, -0.15) is 0 Å². The minimum absolute atomic E-state index is 0.158. The van der Waals surface area contributed by atoms with Gasteiger partial charge in [-0.3, -0.25) is 29.0 Å². The number of rotatable bonds is 54. The monoisotopic (exact) mass is 1050 g/mol. The molecule has 1 aliphatic heterocycles. The molecular formula is C62H120N4O8. The number of carbonyl (C=O) groups is 4. The van der Waals surface area contributed by atoms with Gasteiger partial charge in [-0.05, 0) is 33.1 Å². The summed E-state index contributed by atoms with van der Waals surface area (Å²) in [4.78, 5) is 60.3. The van der Waals surface area contributed by atoms with E-state index in [1.54, 1.807) is 0 Å². The Morgan fingerprint density at radius 3 is 0.824 bits per heavy atom. The van der Waals surface area contributed by atoms with Crippen molar-refractivity contribution in [2.75, 3.05) is 92.4 Å². The van der Waals surface area contributed by atoms with E-state index in [1.807, 2.05) is 0 Å². The van der Waals surface area contributed by atoms with E-state index >= 15 is 0 Å². The van der Waals surface area contributed by atoms with Crippen molar-refractivity contribution in [3.63, 3.8) is 0 Å². The zero-order valence-corrected chi connectivity index (χ0v) is 49.6. The molecule has 12 heteroatoms. The number of unbranched alkanes of at least 4 members (excludes halogenated alkanes) is 30. The molecule has 1 saturated heterocycles. The molecule has 0 aromatic heterocycles. The summed E-state index contributed by atoms with van der Waals surface area (Å²) in [7, 11) is 1.42. The van der Waals surface area contributed by atoms with Crippen LogP contribution in [-0.2, 0) is 38.1 Å². The number of hydrogen-bond acceptors (Lipinski definition) is 12. The van der Waals surface area contributed by atoms with Crippen LogP contribution in [0.25, 0.3) is 0 Å². The number of methoxy groups -OCH3 is 1. The lowest BCUT2D eigenvalue weighted by Crippen LogP contribution is -2.58. The van der Waals surface area contributed by atoms with Crippen molar-refractivity contribution in [2.24, 2.45) is 0 Å². The van der Waals surface area contributed by atoms with Gasteiger partial charge in [0.05, 0.1) is 52.6 Å². The number of nitrogens with zero attached hydrogens (tertiary/aromatic N) is 4. The predicted octanol–water partition coefficient (Wildman–Crippen LogP) is 14.3. The maximum Gasteiger partial charge on any atom is 0.307 e. The molecule has 436 valence electrons. The average molecular weight is 1050 g/mol. The maximum absolute atomic E-state index is 12.9. The summed E-state index contributed by atoms with van der Waals surface area (Å²) in [6.07, 6.45) is 42.8. The predicted molar refractivity (Wildman–Crippen MR) is 308 cm³/mol. The summed E-state index contributed by atoms with van der Waals surface area (Å²) in [5, 5.41) is 0. The molecule has 0 amide bonds. The summed E-state index contributed by atoms with van der Waals surface area (Å²) < 4.78 is 21.9. The minimum Gasteiger partial charge on any atom is -0.469 e. The van der Waals surface area contributed by atoms with E-state index < -0.39 is 0 Å². The number of piperazine rings is 1. The zero-order valence-electron chi connectivity index (χ0n) is 49.6. The van der Waals surface area contributed by atoms with Gasteiger partial charge in [-0.1, -0.05) is 213 Å². The normalized spacial score (nSPS) is 15.3. The van der Waals surface area contributed by atoms with Crippen molar-refractivity contribution < 1.29 is 38.1 Å². The second-order valence-electron chi connectivity index (χ2n) is 22.2. The Kier molecular flexibility index (Phi) is 48.5. The lowest BCUT2D eigenvalue weighted by atomic mass is 10.1. The largest absolute Gasteiger partial charge is 0.469 e. The highest BCUT2D eigenvalue weighted by Crippen LogP contribution is 2.18. The molecule has 0 saturated carbocycles. The second-order valence-corrected chi connectivity index (χ2v) is 22.2. The first kappa shape index (κ1) is 69.7. The molecule has 0 bridgehead atoms. The molecule has 0 unspecified atom stereocenters. The molecule has 0 aromatic rings. The first-order valence-corrected chi connectivity index (χ1v) is 31.6. The van der Waals surface area contributed by atoms with E-state index in [2.05, 4.69) is 54.2 Å². The first-order valence-electron chi connectivity index (χ1n) is 31.6. The quantitative estimate of drug-likeness (QED) is 0.0328. The third-order valence-corrected chi connectivity index (χ3v) is 15.4.